The molecule has 138 valence electrons. The van der Waals surface area contributed by atoms with Crippen LogP contribution in [0.25, 0.3) is 27.1 Å². The molecule has 1 heterocycles. The number of thioether (sulfide) groups is 1. The maximum atomic E-state index is 11.0. The third-order valence-corrected chi connectivity index (χ3v) is 7.10. The summed E-state index contributed by atoms with van der Waals surface area (Å²) in [5.74, 6) is -0.339. The largest absolute Gasteiger partial charge is 0.748 e. The molecule has 0 saturated heterocycles. The van der Waals surface area contributed by atoms with Crippen molar-refractivity contribution in [2.24, 2.45) is 0 Å². The Bertz CT molecular complexity index is 1060. The lowest BCUT2D eigenvalue weighted by Gasteiger charge is -2.05. The number of rotatable bonds is 7. The van der Waals surface area contributed by atoms with Crippen LogP contribution >= 0.6 is 23.1 Å². The Morgan fingerprint density at radius 2 is 2.04 bits per heavy atom. The molecule has 0 aliphatic carbocycles. The van der Waals surface area contributed by atoms with Crippen molar-refractivity contribution in [1.29, 1.82) is 0 Å². The van der Waals surface area contributed by atoms with Crippen LogP contribution < -0.4 is 4.57 Å². The second-order valence-corrected chi connectivity index (χ2v) is 9.53. The first kappa shape index (κ1) is 19.4. The third kappa shape index (κ3) is 4.28. The first-order valence-corrected chi connectivity index (χ1v) is 12.1. The Morgan fingerprint density at radius 1 is 1.27 bits per heavy atom. The molecule has 0 saturated carbocycles. The van der Waals surface area contributed by atoms with E-state index in [1.165, 1.54) is 4.91 Å². The van der Waals surface area contributed by atoms with Crippen LogP contribution in [0.4, 0.5) is 0 Å². The molecule has 2 aromatic carbocycles. The van der Waals surface area contributed by atoms with Crippen molar-refractivity contribution in [2.45, 2.75) is 26.3 Å². The second kappa shape index (κ2) is 8.08. The number of aromatic nitrogens is 1. The molecule has 3 aromatic rings. The molecule has 26 heavy (non-hydrogen) atoms. The molecule has 0 unspecified atom stereocenters. The standard InChI is InChI=1S/C19H21NO3S3/c1-3-15(24-2)13-18-20(11-6-12-26(21,22)23)19-16-8-5-4-7-14(16)9-10-17(19)25-18/h4-5,7-10,13H,3,6,11-12H2,1-2H3. The van der Waals surface area contributed by atoms with E-state index in [4.69, 9.17) is 0 Å². The van der Waals surface area contributed by atoms with E-state index in [9.17, 15) is 13.0 Å². The third-order valence-electron chi connectivity index (χ3n) is 4.29. The van der Waals surface area contributed by atoms with Gasteiger partial charge < -0.3 is 4.55 Å². The molecule has 0 N–H and O–H groups in total. The maximum Gasteiger partial charge on any atom is 0.263 e. The Kier molecular flexibility index (Phi) is 6.02. The summed E-state index contributed by atoms with van der Waals surface area (Å²) in [7, 11) is -4.20. The summed E-state index contributed by atoms with van der Waals surface area (Å²) in [4.78, 5) is 1.27. The fraction of sp³-hybridized carbons (Fsp3) is 0.316. The van der Waals surface area contributed by atoms with Crippen LogP contribution in [-0.4, -0.2) is 25.0 Å². The topological polar surface area (TPSA) is 61.1 Å². The van der Waals surface area contributed by atoms with Crippen LogP contribution in [0.5, 0.6) is 0 Å². The molecule has 3 rings (SSSR count). The van der Waals surface area contributed by atoms with E-state index in [1.54, 1.807) is 23.1 Å². The highest BCUT2D eigenvalue weighted by molar-refractivity contribution is 8.02. The average molecular weight is 408 g/mol. The Hall–Kier alpha value is -1.41. The predicted octanol–water partition coefficient (Wildman–Crippen LogP) is 4.39. The molecule has 0 aliphatic heterocycles. The van der Waals surface area contributed by atoms with Crippen molar-refractivity contribution in [3.05, 3.63) is 46.3 Å². The van der Waals surface area contributed by atoms with Crippen LogP contribution in [-0.2, 0) is 16.7 Å². The monoisotopic (exact) mass is 407 g/mol. The van der Waals surface area contributed by atoms with Crippen LogP contribution in [0.2, 0.25) is 0 Å². The summed E-state index contributed by atoms with van der Waals surface area (Å²) < 4.78 is 36.4. The quantitative estimate of drug-likeness (QED) is 0.430. The van der Waals surface area contributed by atoms with Crippen molar-refractivity contribution in [3.63, 3.8) is 0 Å². The highest BCUT2D eigenvalue weighted by Gasteiger charge is 2.21. The van der Waals surface area contributed by atoms with E-state index >= 15 is 0 Å². The summed E-state index contributed by atoms with van der Waals surface area (Å²) in [6.45, 7) is 2.63. The highest BCUT2D eigenvalue weighted by Crippen LogP contribution is 2.30. The molecule has 0 spiro atoms. The molecule has 4 nitrogen and oxygen atoms in total. The zero-order valence-electron chi connectivity index (χ0n) is 14.8. The van der Waals surface area contributed by atoms with Crippen molar-refractivity contribution in [1.82, 2.24) is 0 Å². The van der Waals surface area contributed by atoms with Gasteiger partial charge in [-0.25, -0.2) is 8.42 Å². The smallest absolute Gasteiger partial charge is 0.263 e. The second-order valence-electron chi connectivity index (χ2n) is 6.01. The molecule has 0 aliphatic rings. The van der Waals surface area contributed by atoms with Gasteiger partial charge in [0.15, 0.2) is 6.54 Å². The molecule has 0 bridgehead atoms. The Balaban J connectivity index is 2.17. The van der Waals surface area contributed by atoms with Gasteiger partial charge in [0.2, 0.25) is 5.52 Å². The summed E-state index contributed by atoms with van der Waals surface area (Å²) in [5.41, 5.74) is 1.11. The number of hydrogen-bond donors (Lipinski definition) is 0. The van der Waals surface area contributed by atoms with E-state index in [-0.39, 0.29) is 5.75 Å². The van der Waals surface area contributed by atoms with Crippen molar-refractivity contribution < 1.29 is 17.5 Å². The number of fused-ring (bicyclic) bond motifs is 3. The molecule has 0 amide bonds. The van der Waals surface area contributed by atoms with E-state index in [0.717, 1.165) is 32.4 Å². The minimum absolute atomic E-state index is 0.313. The van der Waals surface area contributed by atoms with Gasteiger partial charge >= 0.3 is 0 Å². The van der Waals surface area contributed by atoms with Gasteiger partial charge in [-0.1, -0.05) is 42.5 Å². The molecular weight excluding hydrogens is 386 g/mol. The minimum Gasteiger partial charge on any atom is -0.748 e. The zero-order valence-corrected chi connectivity index (χ0v) is 17.2. The average Bonchev–Trinajstić information content (AvgIpc) is 2.96. The van der Waals surface area contributed by atoms with Crippen molar-refractivity contribution >= 4 is 60.3 Å². The summed E-state index contributed by atoms with van der Waals surface area (Å²) in [5, 5.41) is 3.39. The molecule has 0 radical (unpaired) electrons. The predicted molar refractivity (Wildman–Crippen MR) is 110 cm³/mol. The highest BCUT2D eigenvalue weighted by atomic mass is 32.2. The number of allylic oxidation sites excluding steroid dienone is 1. The van der Waals surface area contributed by atoms with Gasteiger partial charge in [0.05, 0.1) is 15.5 Å². The number of thiazole rings is 1. The maximum absolute atomic E-state index is 11.0. The van der Waals surface area contributed by atoms with Gasteiger partial charge in [0.1, 0.15) is 4.70 Å². The van der Waals surface area contributed by atoms with E-state index in [1.807, 2.05) is 12.1 Å². The number of benzene rings is 2. The number of hydrogen-bond acceptors (Lipinski definition) is 5. The van der Waals surface area contributed by atoms with Gasteiger partial charge in [0.25, 0.3) is 5.01 Å². The first-order valence-electron chi connectivity index (χ1n) is 8.45. The normalized spacial score (nSPS) is 13.0. The number of aryl methyl sites for hydroxylation is 1. The van der Waals surface area contributed by atoms with Crippen LogP contribution in [0.1, 0.15) is 24.8 Å². The fourth-order valence-electron chi connectivity index (χ4n) is 3.05. The molecule has 1 aromatic heterocycles. The Morgan fingerprint density at radius 3 is 2.73 bits per heavy atom. The Labute approximate surface area is 162 Å². The molecular formula is C19H21NO3S3. The van der Waals surface area contributed by atoms with Gasteiger partial charge in [0, 0.05) is 18.2 Å². The first-order chi connectivity index (χ1) is 12.4. The lowest BCUT2D eigenvalue weighted by atomic mass is 10.1. The summed E-state index contributed by atoms with van der Waals surface area (Å²) >= 11 is 3.43. The van der Waals surface area contributed by atoms with Gasteiger partial charge in [-0.15, -0.1) is 11.8 Å². The zero-order chi connectivity index (χ0) is 18.7. The fourth-order valence-corrected chi connectivity index (χ4v) is 5.29. The van der Waals surface area contributed by atoms with Crippen LogP contribution in [0.3, 0.4) is 0 Å². The van der Waals surface area contributed by atoms with Crippen molar-refractivity contribution in [3.8, 4) is 0 Å². The minimum atomic E-state index is -4.20. The van der Waals surface area contributed by atoms with Crippen LogP contribution in [0.15, 0.2) is 41.3 Å². The SMILES string of the molecule is CCC(=Cc1sc2ccc3ccccc3c2[n+]1CCCS(=O)(=O)[O-])SC. The lowest BCUT2D eigenvalue weighted by molar-refractivity contribution is -0.667. The van der Waals surface area contributed by atoms with Gasteiger partial charge in [-0.05, 0) is 35.1 Å². The molecule has 7 heteroatoms. The van der Waals surface area contributed by atoms with E-state index < -0.39 is 10.1 Å². The number of nitrogens with zero attached hydrogens (tertiary/aromatic N) is 1. The summed E-state index contributed by atoms with van der Waals surface area (Å²) in [6.07, 6.45) is 5.50. The molecule has 0 fully saturated rings. The lowest BCUT2D eigenvalue weighted by Crippen LogP contribution is -2.36. The summed E-state index contributed by atoms with van der Waals surface area (Å²) in [6, 6.07) is 12.4. The van der Waals surface area contributed by atoms with E-state index in [0.29, 0.717) is 13.0 Å². The van der Waals surface area contributed by atoms with E-state index in [2.05, 4.69) is 48.1 Å². The van der Waals surface area contributed by atoms with Gasteiger partial charge in [-0.2, -0.15) is 4.57 Å². The molecule has 0 atom stereocenters. The van der Waals surface area contributed by atoms with Crippen LogP contribution in [0, 0.1) is 0 Å². The van der Waals surface area contributed by atoms with Gasteiger partial charge in [-0.3, -0.25) is 0 Å². The van der Waals surface area contributed by atoms with Crippen molar-refractivity contribution in [2.75, 3.05) is 12.0 Å².